The maximum Gasteiger partial charge on any atom is 0.163 e. The molecule has 4 nitrogen and oxygen atoms in total. The summed E-state index contributed by atoms with van der Waals surface area (Å²) in [5, 5.41) is 1.61. The molecule has 0 radical (unpaired) electrons. The first-order chi connectivity index (χ1) is 13.5. The number of aromatic amines is 1. The maximum absolute atomic E-state index is 6.52. The van der Waals surface area contributed by atoms with Crippen LogP contribution < -0.4 is 9.47 Å². The zero-order valence-electron chi connectivity index (χ0n) is 14.8. The van der Waals surface area contributed by atoms with Crippen LogP contribution in [0, 0.1) is 0 Å². The van der Waals surface area contributed by atoms with Gasteiger partial charge >= 0.3 is 0 Å². The molecule has 1 aromatic heterocycles. The summed E-state index contributed by atoms with van der Waals surface area (Å²) in [6.07, 6.45) is 0. The highest BCUT2D eigenvalue weighted by molar-refractivity contribution is 6.35. The van der Waals surface area contributed by atoms with Gasteiger partial charge in [0.05, 0.1) is 23.2 Å². The molecule has 0 aliphatic rings. The molecule has 0 aliphatic heterocycles. The van der Waals surface area contributed by atoms with Crippen LogP contribution in [0.4, 0.5) is 0 Å². The molecule has 0 saturated heterocycles. The van der Waals surface area contributed by atoms with E-state index in [1.165, 1.54) is 0 Å². The van der Waals surface area contributed by atoms with Gasteiger partial charge in [-0.3, -0.25) is 0 Å². The van der Waals surface area contributed by atoms with Gasteiger partial charge in [-0.25, -0.2) is 4.98 Å². The van der Waals surface area contributed by atoms with Crippen molar-refractivity contribution in [3.8, 4) is 22.9 Å². The largest absolute Gasteiger partial charge is 0.493 e. The van der Waals surface area contributed by atoms with Crippen LogP contribution in [0.3, 0.4) is 0 Å². The van der Waals surface area contributed by atoms with Crippen molar-refractivity contribution in [2.24, 2.45) is 0 Å². The van der Waals surface area contributed by atoms with Gasteiger partial charge in [0.1, 0.15) is 12.4 Å². The second-order valence-corrected chi connectivity index (χ2v) is 7.36. The molecule has 0 atom stereocenters. The predicted molar refractivity (Wildman–Crippen MR) is 114 cm³/mol. The summed E-state index contributed by atoms with van der Waals surface area (Å²) in [6.45, 7) is 0.257. The van der Waals surface area contributed by atoms with Crippen LogP contribution in [0.1, 0.15) is 5.56 Å². The van der Waals surface area contributed by atoms with Crippen LogP contribution in [0.5, 0.6) is 11.5 Å². The quantitative estimate of drug-likeness (QED) is 0.377. The SMILES string of the molecule is COc1cc(-c2nc3ccccc3[nH]2)c(Cl)cc1OCc1ccc(Cl)cc1Cl. The Kier molecular flexibility index (Phi) is 5.36. The summed E-state index contributed by atoms with van der Waals surface area (Å²) in [6, 6.07) is 16.6. The van der Waals surface area contributed by atoms with E-state index in [0.29, 0.717) is 32.4 Å². The zero-order valence-corrected chi connectivity index (χ0v) is 17.1. The molecular weight excluding hydrogens is 419 g/mol. The van der Waals surface area contributed by atoms with Gasteiger partial charge in [-0.2, -0.15) is 0 Å². The molecule has 0 saturated carbocycles. The van der Waals surface area contributed by atoms with E-state index >= 15 is 0 Å². The molecule has 3 aromatic carbocycles. The van der Waals surface area contributed by atoms with E-state index in [0.717, 1.165) is 22.2 Å². The molecule has 4 rings (SSSR count). The number of halogens is 3. The molecule has 28 heavy (non-hydrogen) atoms. The van der Waals surface area contributed by atoms with Gasteiger partial charge < -0.3 is 14.5 Å². The molecule has 1 N–H and O–H groups in total. The number of rotatable bonds is 5. The van der Waals surface area contributed by atoms with Crippen LogP contribution in [0.2, 0.25) is 15.1 Å². The van der Waals surface area contributed by atoms with Gasteiger partial charge in [0.2, 0.25) is 0 Å². The smallest absolute Gasteiger partial charge is 0.163 e. The first kappa shape index (κ1) is 18.9. The average molecular weight is 434 g/mol. The molecule has 1 heterocycles. The number of aromatic nitrogens is 2. The average Bonchev–Trinajstić information content (AvgIpc) is 3.11. The highest BCUT2D eigenvalue weighted by atomic mass is 35.5. The second-order valence-electron chi connectivity index (χ2n) is 6.11. The minimum Gasteiger partial charge on any atom is -0.493 e. The lowest BCUT2D eigenvalue weighted by molar-refractivity contribution is 0.284. The Hall–Kier alpha value is -2.40. The Morgan fingerprint density at radius 3 is 2.50 bits per heavy atom. The molecule has 0 fully saturated rings. The number of hydrogen-bond donors (Lipinski definition) is 1. The molecule has 4 aromatic rings. The molecule has 0 spiro atoms. The third kappa shape index (κ3) is 3.76. The summed E-state index contributed by atoms with van der Waals surface area (Å²) in [4.78, 5) is 7.87. The van der Waals surface area contributed by atoms with Crippen molar-refractivity contribution in [3.63, 3.8) is 0 Å². The van der Waals surface area contributed by atoms with Gasteiger partial charge in [-0.15, -0.1) is 0 Å². The molecule has 7 heteroatoms. The summed E-state index contributed by atoms with van der Waals surface area (Å²) in [5.74, 6) is 1.72. The molecule has 0 amide bonds. The molecular formula is C21H15Cl3N2O2. The fourth-order valence-corrected chi connectivity index (χ4v) is 3.57. The number of ether oxygens (including phenoxy) is 2. The number of imidazole rings is 1. The molecule has 0 unspecified atom stereocenters. The molecule has 0 bridgehead atoms. The Labute approximate surface area is 177 Å². The van der Waals surface area contributed by atoms with Crippen molar-refractivity contribution < 1.29 is 9.47 Å². The van der Waals surface area contributed by atoms with Gasteiger partial charge in [0.15, 0.2) is 11.5 Å². The lowest BCUT2D eigenvalue weighted by Crippen LogP contribution is -1.99. The zero-order chi connectivity index (χ0) is 19.7. The minimum absolute atomic E-state index is 0.257. The van der Waals surface area contributed by atoms with Crippen molar-refractivity contribution in [1.82, 2.24) is 9.97 Å². The van der Waals surface area contributed by atoms with Crippen molar-refractivity contribution in [2.45, 2.75) is 6.61 Å². The Morgan fingerprint density at radius 1 is 0.929 bits per heavy atom. The van der Waals surface area contributed by atoms with Crippen LogP contribution in [-0.2, 0) is 6.61 Å². The van der Waals surface area contributed by atoms with E-state index in [1.807, 2.05) is 30.3 Å². The van der Waals surface area contributed by atoms with Crippen LogP contribution in [0.25, 0.3) is 22.4 Å². The van der Waals surface area contributed by atoms with E-state index in [1.54, 1.807) is 31.4 Å². The fraction of sp³-hybridized carbons (Fsp3) is 0.0952. The predicted octanol–water partition coefficient (Wildman–Crippen LogP) is 6.78. The number of fused-ring (bicyclic) bond motifs is 1. The van der Waals surface area contributed by atoms with Crippen LogP contribution in [0.15, 0.2) is 54.6 Å². The van der Waals surface area contributed by atoms with Crippen LogP contribution >= 0.6 is 34.8 Å². The van der Waals surface area contributed by atoms with E-state index in [9.17, 15) is 0 Å². The Morgan fingerprint density at radius 2 is 1.75 bits per heavy atom. The number of H-pyrrole nitrogens is 1. The van der Waals surface area contributed by atoms with Crippen LogP contribution in [-0.4, -0.2) is 17.1 Å². The second kappa shape index (κ2) is 7.92. The van der Waals surface area contributed by atoms with E-state index < -0.39 is 0 Å². The number of hydrogen-bond acceptors (Lipinski definition) is 3. The van der Waals surface area contributed by atoms with Gasteiger partial charge in [0.25, 0.3) is 0 Å². The Bertz CT molecular complexity index is 1120. The topological polar surface area (TPSA) is 47.1 Å². The number of methoxy groups -OCH3 is 1. The summed E-state index contributed by atoms with van der Waals surface area (Å²) < 4.78 is 11.4. The monoisotopic (exact) mass is 432 g/mol. The lowest BCUT2D eigenvalue weighted by Gasteiger charge is -2.14. The number of nitrogens with one attached hydrogen (secondary N) is 1. The first-order valence-electron chi connectivity index (χ1n) is 8.44. The van der Waals surface area contributed by atoms with Crippen molar-refractivity contribution in [1.29, 1.82) is 0 Å². The summed E-state index contributed by atoms with van der Waals surface area (Å²) in [7, 11) is 1.58. The summed E-state index contributed by atoms with van der Waals surface area (Å²) >= 11 is 18.7. The van der Waals surface area contributed by atoms with Gasteiger partial charge in [0, 0.05) is 27.2 Å². The van der Waals surface area contributed by atoms with Gasteiger partial charge in [-0.05, 0) is 30.3 Å². The van der Waals surface area contributed by atoms with Crippen molar-refractivity contribution in [2.75, 3.05) is 7.11 Å². The standard InChI is InChI=1S/C21H15Cl3N2O2/c1-27-19-9-14(21-25-17-4-2-3-5-18(17)26-21)16(24)10-20(19)28-11-12-6-7-13(22)8-15(12)23/h2-10H,11H2,1H3,(H,25,26). The lowest BCUT2D eigenvalue weighted by atomic mass is 10.2. The molecule has 0 aliphatic carbocycles. The normalized spacial score (nSPS) is 11.0. The highest BCUT2D eigenvalue weighted by Crippen LogP contribution is 2.38. The Balaban J connectivity index is 1.65. The number of benzene rings is 3. The maximum atomic E-state index is 6.52. The van der Waals surface area contributed by atoms with Crippen molar-refractivity contribution >= 4 is 45.8 Å². The molecule has 142 valence electrons. The highest BCUT2D eigenvalue weighted by Gasteiger charge is 2.15. The number of para-hydroxylation sites is 2. The van der Waals surface area contributed by atoms with Gasteiger partial charge in [-0.1, -0.05) is 53.0 Å². The third-order valence-corrected chi connectivity index (χ3v) is 5.20. The number of nitrogens with zero attached hydrogens (tertiary/aromatic N) is 1. The summed E-state index contributed by atoms with van der Waals surface area (Å²) in [5.41, 5.74) is 3.34. The minimum atomic E-state index is 0.257. The van der Waals surface area contributed by atoms with Crippen molar-refractivity contribution in [3.05, 3.63) is 75.2 Å². The van der Waals surface area contributed by atoms with E-state index in [-0.39, 0.29) is 6.61 Å². The first-order valence-corrected chi connectivity index (χ1v) is 9.58. The third-order valence-electron chi connectivity index (χ3n) is 4.30. The van der Waals surface area contributed by atoms with E-state index in [2.05, 4.69) is 9.97 Å². The fourth-order valence-electron chi connectivity index (χ4n) is 2.86. The van der Waals surface area contributed by atoms with E-state index in [4.69, 9.17) is 44.3 Å².